The van der Waals surface area contributed by atoms with Gasteiger partial charge in [0.05, 0.1) is 11.4 Å². The van der Waals surface area contributed by atoms with E-state index in [0.29, 0.717) is 5.56 Å². The summed E-state index contributed by atoms with van der Waals surface area (Å²) in [6, 6.07) is 10.8. The number of carbonyl (C=O) groups is 1. The Hall–Kier alpha value is -1.81. The summed E-state index contributed by atoms with van der Waals surface area (Å²) in [5.41, 5.74) is 3.09. The van der Waals surface area contributed by atoms with E-state index in [4.69, 9.17) is 0 Å². The maximum absolute atomic E-state index is 12.0. The first-order chi connectivity index (χ1) is 8.56. The van der Waals surface area contributed by atoms with Crippen LogP contribution in [0.15, 0.2) is 41.3 Å². The number of aromatic nitrogens is 1. The molecule has 1 aromatic carbocycles. The number of carbonyl (C=O) groups excluding carboxylic acids is 1. The van der Waals surface area contributed by atoms with Crippen LogP contribution >= 0.6 is 12.6 Å². The van der Waals surface area contributed by atoms with Gasteiger partial charge in [0.2, 0.25) is 0 Å². The third-order valence-electron chi connectivity index (χ3n) is 2.60. The molecule has 2 aromatic rings. The molecular weight excluding hydrogens is 244 g/mol. The Morgan fingerprint density at radius 3 is 2.39 bits per heavy atom. The molecule has 0 unspecified atom stereocenters. The topological polar surface area (TPSA) is 42.0 Å². The van der Waals surface area contributed by atoms with Crippen LogP contribution in [-0.2, 0) is 0 Å². The van der Waals surface area contributed by atoms with Crippen molar-refractivity contribution >= 4 is 24.2 Å². The van der Waals surface area contributed by atoms with E-state index in [1.165, 1.54) is 0 Å². The largest absolute Gasteiger partial charge is 0.320 e. The van der Waals surface area contributed by atoms with E-state index in [9.17, 15) is 4.79 Å². The molecular formula is C14H14N2OS. The minimum Gasteiger partial charge on any atom is -0.320 e. The number of hydrogen-bond acceptors (Lipinski definition) is 3. The van der Waals surface area contributed by atoms with Crippen LogP contribution in [0.2, 0.25) is 0 Å². The number of anilines is 1. The van der Waals surface area contributed by atoms with Crippen LogP contribution in [0.1, 0.15) is 21.7 Å². The standard InChI is InChI=1S/C14H14N2OS/c1-9-3-8-13(10(2)15-9)16-14(17)11-4-6-12(18)7-5-11/h3-8,18H,1-2H3,(H,16,17). The van der Waals surface area contributed by atoms with Crippen LogP contribution < -0.4 is 5.32 Å². The van der Waals surface area contributed by atoms with Crippen molar-refractivity contribution in [2.75, 3.05) is 5.32 Å². The normalized spacial score (nSPS) is 10.2. The van der Waals surface area contributed by atoms with Crippen molar-refractivity contribution in [3.05, 3.63) is 53.3 Å². The van der Waals surface area contributed by atoms with Gasteiger partial charge in [0.25, 0.3) is 5.91 Å². The molecule has 0 spiro atoms. The van der Waals surface area contributed by atoms with Crippen molar-refractivity contribution in [3.63, 3.8) is 0 Å². The summed E-state index contributed by atoms with van der Waals surface area (Å²) < 4.78 is 0. The zero-order valence-corrected chi connectivity index (χ0v) is 11.2. The Morgan fingerprint density at radius 1 is 1.11 bits per heavy atom. The van der Waals surface area contributed by atoms with Gasteiger partial charge in [-0.25, -0.2) is 0 Å². The molecule has 0 radical (unpaired) electrons. The van der Waals surface area contributed by atoms with Gasteiger partial charge in [0, 0.05) is 16.2 Å². The second-order valence-corrected chi connectivity index (χ2v) is 4.60. The van der Waals surface area contributed by atoms with Gasteiger partial charge in [-0.15, -0.1) is 12.6 Å². The van der Waals surface area contributed by atoms with Crippen molar-refractivity contribution in [1.82, 2.24) is 4.98 Å². The van der Waals surface area contributed by atoms with Gasteiger partial charge in [0.1, 0.15) is 0 Å². The number of rotatable bonds is 2. The lowest BCUT2D eigenvalue weighted by Gasteiger charge is -2.08. The lowest BCUT2D eigenvalue weighted by atomic mass is 10.2. The van der Waals surface area contributed by atoms with Gasteiger partial charge in [0.15, 0.2) is 0 Å². The fourth-order valence-electron chi connectivity index (χ4n) is 1.63. The smallest absolute Gasteiger partial charge is 0.255 e. The van der Waals surface area contributed by atoms with Crippen LogP contribution in [0.4, 0.5) is 5.69 Å². The van der Waals surface area contributed by atoms with E-state index in [1.54, 1.807) is 24.3 Å². The average molecular weight is 258 g/mol. The molecule has 2 rings (SSSR count). The fraction of sp³-hybridized carbons (Fsp3) is 0.143. The van der Waals surface area contributed by atoms with Crippen molar-refractivity contribution in [1.29, 1.82) is 0 Å². The highest BCUT2D eigenvalue weighted by molar-refractivity contribution is 7.80. The lowest BCUT2D eigenvalue weighted by Crippen LogP contribution is -2.13. The summed E-state index contributed by atoms with van der Waals surface area (Å²) >= 11 is 4.19. The molecule has 0 aliphatic rings. The number of aryl methyl sites for hydroxylation is 2. The second-order valence-electron chi connectivity index (χ2n) is 4.09. The summed E-state index contributed by atoms with van der Waals surface area (Å²) in [4.78, 5) is 17.1. The summed E-state index contributed by atoms with van der Waals surface area (Å²) in [5, 5.41) is 2.85. The highest BCUT2D eigenvalue weighted by Crippen LogP contribution is 2.15. The molecule has 3 nitrogen and oxygen atoms in total. The zero-order chi connectivity index (χ0) is 13.1. The first-order valence-electron chi connectivity index (χ1n) is 5.61. The molecule has 1 heterocycles. The van der Waals surface area contributed by atoms with Gasteiger partial charge in [-0.1, -0.05) is 0 Å². The molecule has 1 aromatic heterocycles. The Morgan fingerprint density at radius 2 is 1.78 bits per heavy atom. The second kappa shape index (κ2) is 5.23. The number of thiol groups is 1. The molecule has 0 aliphatic heterocycles. The number of hydrogen-bond donors (Lipinski definition) is 2. The van der Waals surface area contributed by atoms with Crippen molar-refractivity contribution in [2.24, 2.45) is 0 Å². The van der Waals surface area contributed by atoms with Gasteiger partial charge in [-0.05, 0) is 50.2 Å². The third-order valence-corrected chi connectivity index (χ3v) is 2.90. The molecule has 1 N–H and O–H groups in total. The number of nitrogens with zero attached hydrogens (tertiary/aromatic N) is 1. The Balaban J connectivity index is 2.18. The van der Waals surface area contributed by atoms with Crippen LogP contribution in [-0.4, -0.2) is 10.9 Å². The maximum Gasteiger partial charge on any atom is 0.255 e. The van der Waals surface area contributed by atoms with E-state index < -0.39 is 0 Å². The van der Waals surface area contributed by atoms with Gasteiger partial charge < -0.3 is 5.32 Å². The predicted molar refractivity (Wildman–Crippen MR) is 75.4 cm³/mol. The summed E-state index contributed by atoms with van der Waals surface area (Å²) in [7, 11) is 0. The Kier molecular flexibility index (Phi) is 3.67. The maximum atomic E-state index is 12.0. The molecule has 18 heavy (non-hydrogen) atoms. The summed E-state index contributed by atoms with van der Waals surface area (Å²) in [5.74, 6) is -0.142. The highest BCUT2D eigenvalue weighted by atomic mass is 32.1. The highest BCUT2D eigenvalue weighted by Gasteiger charge is 2.07. The van der Waals surface area contributed by atoms with E-state index in [-0.39, 0.29) is 5.91 Å². The van der Waals surface area contributed by atoms with Gasteiger partial charge >= 0.3 is 0 Å². The van der Waals surface area contributed by atoms with Crippen LogP contribution in [0, 0.1) is 13.8 Å². The predicted octanol–water partition coefficient (Wildman–Crippen LogP) is 3.24. The molecule has 0 aliphatic carbocycles. The molecule has 0 saturated heterocycles. The van der Waals surface area contributed by atoms with Crippen molar-refractivity contribution < 1.29 is 4.79 Å². The molecule has 0 atom stereocenters. The number of amides is 1. The third kappa shape index (κ3) is 2.90. The van der Waals surface area contributed by atoms with Gasteiger partial charge in [-0.2, -0.15) is 0 Å². The van der Waals surface area contributed by atoms with Crippen molar-refractivity contribution in [3.8, 4) is 0 Å². The molecule has 92 valence electrons. The molecule has 4 heteroatoms. The van der Waals surface area contributed by atoms with Crippen LogP contribution in [0.25, 0.3) is 0 Å². The van der Waals surface area contributed by atoms with Crippen LogP contribution in [0.5, 0.6) is 0 Å². The number of pyridine rings is 1. The molecule has 0 bridgehead atoms. The van der Waals surface area contributed by atoms with E-state index in [1.807, 2.05) is 26.0 Å². The number of benzene rings is 1. The Bertz CT molecular complexity index is 579. The molecule has 0 fully saturated rings. The van der Waals surface area contributed by atoms with E-state index in [2.05, 4.69) is 22.9 Å². The first-order valence-corrected chi connectivity index (χ1v) is 6.05. The van der Waals surface area contributed by atoms with E-state index in [0.717, 1.165) is 22.0 Å². The van der Waals surface area contributed by atoms with Gasteiger partial charge in [-0.3, -0.25) is 9.78 Å². The fourth-order valence-corrected chi connectivity index (χ4v) is 1.78. The number of nitrogens with one attached hydrogen (secondary N) is 1. The van der Waals surface area contributed by atoms with E-state index >= 15 is 0 Å². The monoisotopic (exact) mass is 258 g/mol. The van der Waals surface area contributed by atoms with Crippen LogP contribution in [0.3, 0.4) is 0 Å². The Labute approximate surface area is 112 Å². The summed E-state index contributed by atoms with van der Waals surface area (Å²) in [6.07, 6.45) is 0. The zero-order valence-electron chi connectivity index (χ0n) is 10.3. The average Bonchev–Trinajstić information content (AvgIpc) is 2.33. The lowest BCUT2D eigenvalue weighted by molar-refractivity contribution is 0.102. The summed E-state index contributed by atoms with van der Waals surface area (Å²) in [6.45, 7) is 3.80. The first kappa shape index (κ1) is 12.6. The molecule has 0 saturated carbocycles. The SMILES string of the molecule is Cc1ccc(NC(=O)c2ccc(S)cc2)c(C)n1. The minimum absolute atomic E-state index is 0.142. The molecule has 1 amide bonds. The van der Waals surface area contributed by atoms with Crippen molar-refractivity contribution in [2.45, 2.75) is 18.7 Å². The minimum atomic E-state index is -0.142. The quantitative estimate of drug-likeness (QED) is 0.812.